The zero-order valence-corrected chi connectivity index (χ0v) is 11.4. The molecule has 0 bridgehead atoms. The molecule has 2 N–H and O–H groups in total. The maximum atomic E-state index is 11.4. The lowest BCUT2D eigenvalue weighted by atomic mass is 10.3. The number of nitrogens with one attached hydrogen (secondary N) is 1. The summed E-state index contributed by atoms with van der Waals surface area (Å²) in [7, 11) is 3.16. The number of carbonyl (C=O) groups is 1. The van der Waals surface area contributed by atoms with Gasteiger partial charge in [0.2, 0.25) is 0 Å². The van der Waals surface area contributed by atoms with Crippen molar-refractivity contribution in [1.82, 2.24) is 9.38 Å². The van der Waals surface area contributed by atoms with Gasteiger partial charge in [-0.1, -0.05) is 6.07 Å². The first-order valence-corrected chi connectivity index (χ1v) is 6.13. The first-order chi connectivity index (χ1) is 9.67. The highest BCUT2D eigenvalue weighted by molar-refractivity contribution is 5.92. The number of aromatic carboxylic acids is 1. The molecule has 0 saturated heterocycles. The van der Waals surface area contributed by atoms with Crippen LogP contribution in [0.3, 0.4) is 0 Å². The number of imidazole rings is 1. The van der Waals surface area contributed by atoms with Crippen LogP contribution in [0.4, 0.5) is 5.82 Å². The molecular weight excluding hydrogens is 262 g/mol. The molecular formula is C13H17N3O4. The molecule has 0 spiro atoms. The molecule has 2 rings (SSSR count). The molecule has 1 unspecified atom stereocenters. The average molecular weight is 279 g/mol. The summed E-state index contributed by atoms with van der Waals surface area (Å²) in [5, 5.41) is 12.3. The Morgan fingerprint density at radius 2 is 2.30 bits per heavy atom. The summed E-state index contributed by atoms with van der Waals surface area (Å²) in [6.45, 7) is 0.827. The minimum absolute atomic E-state index is 0.105. The Morgan fingerprint density at radius 1 is 1.50 bits per heavy atom. The fourth-order valence-corrected chi connectivity index (χ4v) is 1.93. The largest absolute Gasteiger partial charge is 0.476 e. The van der Waals surface area contributed by atoms with Crippen molar-refractivity contribution < 1.29 is 19.4 Å². The molecule has 0 aliphatic heterocycles. The molecule has 0 amide bonds. The average Bonchev–Trinajstić information content (AvgIpc) is 2.81. The second-order valence-electron chi connectivity index (χ2n) is 4.24. The number of carboxylic acids is 1. The summed E-state index contributed by atoms with van der Waals surface area (Å²) in [6.07, 6.45) is 1.49. The van der Waals surface area contributed by atoms with E-state index in [1.165, 1.54) is 4.40 Å². The highest BCUT2D eigenvalue weighted by Crippen LogP contribution is 2.17. The van der Waals surface area contributed by atoms with Gasteiger partial charge in [0.15, 0.2) is 11.5 Å². The van der Waals surface area contributed by atoms with Gasteiger partial charge >= 0.3 is 5.97 Å². The second kappa shape index (κ2) is 6.36. The van der Waals surface area contributed by atoms with Crippen LogP contribution in [0, 0.1) is 0 Å². The first-order valence-electron chi connectivity index (χ1n) is 6.13. The van der Waals surface area contributed by atoms with E-state index in [1.807, 2.05) is 0 Å². The molecule has 0 aliphatic carbocycles. The Labute approximate surface area is 116 Å². The molecule has 0 saturated carbocycles. The van der Waals surface area contributed by atoms with Crippen LogP contribution in [0.15, 0.2) is 24.4 Å². The molecule has 20 heavy (non-hydrogen) atoms. The predicted octanol–water partition coefficient (Wildman–Crippen LogP) is 1.11. The van der Waals surface area contributed by atoms with Crippen LogP contribution in [0.25, 0.3) is 5.65 Å². The number of ether oxygens (including phenoxy) is 2. The third kappa shape index (κ3) is 2.89. The Hall–Kier alpha value is -2.12. The maximum absolute atomic E-state index is 11.4. The van der Waals surface area contributed by atoms with Crippen molar-refractivity contribution in [1.29, 1.82) is 0 Å². The molecule has 0 fully saturated rings. The minimum Gasteiger partial charge on any atom is -0.476 e. The van der Waals surface area contributed by atoms with Gasteiger partial charge in [0.25, 0.3) is 0 Å². The number of aromatic nitrogens is 2. The van der Waals surface area contributed by atoms with E-state index >= 15 is 0 Å². The normalized spacial score (nSPS) is 12.5. The van der Waals surface area contributed by atoms with Crippen molar-refractivity contribution in [2.45, 2.75) is 6.10 Å². The number of methoxy groups -OCH3 is 2. The van der Waals surface area contributed by atoms with E-state index < -0.39 is 5.97 Å². The topological polar surface area (TPSA) is 85.1 Å². The Balaban J connectivity index is 2.25. The number of hydrogen-bond acceptors (Lipinski definition) is 5. The van der Waals surface area contributed by atoms with Crippen molar-refractivity contribution in [3.05, 3.63) is 30.1 Å². The summed E-state index contributed by atoms with van der Waals surface area (Å²) in [5.41, 5.74) is 0.681. The smallest absolute Gasteiger partial charge is 0.356 e. The monoisotopic (exact) mass is 279 g/mol. The zero-order chi connectivity index (χ0) is 14.5. The Morgan fingerprint density at radius 3 is 2.95 bits per heavy atom. The fraction of sp³-hybridized carbons (Fsp3) is 0.385. The SMILES string of the molecule is COCC(CNc1nc2ccccn2c1C(=O)O)OC. The molecule has 2 aromatic rings. The Kier molecular flexibility index (Phi) is 4.54. The van der Waals surface area contributed by atoms with Gasteiger partial charge in [-0.2, -0.15) is 0 Å². The van der Waals surface area contributed by atoms with E-state index in [1.54, 1.807) is 38.6 Å². The molecule has 0 aromatic carbocycles. The first kappa shape index (κ1) is 14.3. The van der Waals surface area contributed by atoms with E-state index in [4.69, 9.17) is 9.47 Å². The van der Waals surface area contributed by atoms with E-state index in [-0.39, 0.29) is 11.8 Å². The van der Waals surface area contributed by atoms with Gasteiger partial charge in [-0.05, 0) is 12.1 Å². The van der Waals surface area contributed by atoms with Crippen LogP contribution >= 0.6 is 0 Å². The summed E-state index contributed by atoms with van der Waals surface area (Å²) >= 11 is 0. The summed E-state index contributed by atoms with van der Waals surface area (Å²) in [5.74, 6) is -0.714. The van der Waals surface area contributed by atoms with Crippen molar-refractivity contribution in [3.8, 4) is 0 Å². The van der Waals surface area contributed by atoms with Crippen molar-refractivity contribution in [2.24, 2.45) is 0 Å². The summed E-state index contributed by atoms with van der Waals surface area (Å²) in [6, 6.07) is 5.31. The molecule has 2 aromatic heterocycles. The zero-order valence-electron chi connectivity index (χ0n) is 11.4. The van der Waals surface area contributed by atoms with Crippen LogP contribution in [0.5, 0.6) is 0 Å². The number of pyridine rings is 1. The predicted molar refractivity (Wildman–Crippen MR) is 73.3 cm³/mol. The Bertz CT molecular complexity index is 596. The molecule has 2 heterocycles. The number of anilines is 1. The van der Waals surface area contributed by atoms with Crippen LogP contribution in [0.1, 0.15) is 10.5 Å². The van der Waals surface area contributed by atoms with Crippen LogP contribution in [-0.4, -0.2) is 53.9 Å². The van der Waals surface area contributed by atoms with E-state index in [2.05, 4.69) is 10.3 Å². The van der Waals surface area contributed by atoms with Gasteiger partial charge in [-0.3, -0.25) is 4.40 Å². The van der Waals surface area contributed by atoms with Gasteiger partial charge in [0.1, 0.15) is 5.65 Å². The molecule has 7 nitrogen and oxygen atoms in total. The van der Waals surface area contributed by atoms with E-state index in [0.717, 1.165) is 0 Å². The third-order valence-electron chi connectivity index (χ3n) is 2.92. The van der Waals surface area contributed by atoms with Gasteiger partial charge in [-0.15, -0.1) is 0 Å². The highest BCUT2D eigenvalue weighted by atomic mass is 16.5. The lowest BCUT2D eigenvalue weighted by Crippen LogP contribution is -2.27. The van der Waals surface area contributed by atoms with Crippen LogP contribution < -0.4 is 5.32 Å². The number of carboxylic acid groups (broad SMARTS) is 1. The minimum atomic E-state index is -1.04. The van der Waals surface area contributed by atoms with Crippen molar-refractivity contribution in [2.75, 3.05) is 32.7 Å². The molecule has 108 valence electrons. The van der Waals surface area contributed by atoms with E-state index in [9.17, 15) is 9.90 Å². The lowest BCUT2D eigenvalue weighted by Gasteiger charge is -2.14. The molecule has 1 atom stereocenters. The van der Waals surface area contributed by atoms with E-state index in [0.29, 0.717) is 24.6 Å². The molecule has 7 heteroatoms. The number of rotatable bonds is 7. The summed E-state index contributed by atoms with van der Waals surface area (Å²) < 4.78 is 11.8. The van der Waals surface area contributed by atoms with Crippen LogP contribution in [0.2, 0.25) is 0 Å². The van der Waals surface area contributed by atoms with Crippen molar-refractivity contribution in [3.63, 3.8) is 0 Å². The van der Waals surface area contributed by atoms with Gasteiger partial charge < -0.3 is 19.9 Å². The maximum Gasteiger partial charge on any atom is 0.356 e. The van der Waals surface area contributed by atoms with Crippen molar-refractivity contribution >= 4 is 17.4 Å². The number of fused-ring (bicyclic) bond motifs is 1. The van der Waals surface area contributed by atoms with Gasteiger partial charge in [0, 0.05) is 27.0 Å². The molecule has 0 radical (unpaired) electrons. The second-order valence-corrected chi connectivity index (χ2v) is 4.24. The molecule has 0 aliphatic rings. The standard InChI is InChI=1S/C13H17N3O4/c1-19-8-9(20-2)7-14-12-11(13(17)18)16-6-4-3-5-10(16)15-12/h3-6,9,14H,7-8H2,1-2H3,(H,17,18). The summed E-state index contributed by atoms with van der Waals surface area (Å²) in [4.78, 5) is 15.7. The number of hydrogen-bond donors (Lipinski definition) is 2. The third-order valence-corrected chi connectivity index (χ3v) is 2.92. The van der Waals surface area contributed by atoms with Gasteiger partial charge in [-0.25, -0.2) is 9.78 Å². The lowest BCUT2D eigenvalue weighted by molar-refractivity contribution is 0.0365. The van der Waals surface area contributed by atoms with Crippen LogP contribution in [-0.2, 0) is 9.47 Å². The van der Waals surface area contributed by atoms with Gasteiger partial charge in [0.05, 0.1) is 12.7 Å². The number of nitrogens with zero attached hydrogens (tertiary/aromatic N) is 2. The fourth-order valence-electron chi connectivity index (χ4n) is 1.93. The highest BCUT2D eigenvalue weighted by Gasteiger charge is 2.19. The quantitative estimate of drug-likeness (QED) is 0.789.